The zero-order valence-corrected chi connectivity index (χ0v) is 23.3. The summed E-state index contributed by atoms with van der Waals surface area (Å²) in [7, 11) is -0.991. The fourth-order valence-electron chi connectivity index (χ4n) is 4.67. The van der Waals surface area contributed by atoms with E-state index in [1.807, 2.05) is 48.7 Å². The zero-order chi connectivity index (χ0) is 25.7. The van der Waals surface area contributed by atoms with E-state index in [1.54, 1.807) is 12.3 Å². The molecule has 0 radical (unpaired) electrons. The minimum Gasteiger partial charge on any atom is -0.456 e. The number of allylic oxidation sites excluding steroid dienone is 1. The number of fused-ring (bicyclic) bond motifs is 1. The Bertz CT molecular complexity index is 1540. The summed E-state index contributed by atoms with van der Waals surface area (Å²) in [6, 6.07) is 12.9. The van der Waals surface area contributed by atoms with E-state index in [1.165, 1.54) is 6.07 Å². The number of anilines is 1. The van der Waals surface area contributed by atoms with Gasteiger partial charge in [0.05, 0.1) is 11.4 Å². The Morgan fingerprint density at radius 3 is 2.61 bits per heavy atom. The fourth-order valence-corrected chi connectivity index (χ4v) is 5.78. The summed E-state index contributed by atoms with van der Waals surface area (Å²) in [4.78, 5) is 13.9. The Kier molecular flexibility index (Phi) is 6.67. The number of benzene rings is 2. The molecule has 1 saturated carbocycles. The first-order valence-corrected chi connectivity index (χ1v) is 14.4. The largest absolute Gasteiger partial charge is 0.456 e. The van der Waals surface area contributed by atoms with Crippen LogP contribution in [0.1, 0.15) is 42.6 Å². The summed E-state index contributed by atoms with van der Waals surface area (Å²) in [5, 5.41) is 3.18. The maximum Gasteiger partial charge on any atom is 0.264 e. The maximum absolute atomic E-state index is 14.8. The van der Waals surface area contributed by atoms with Crippen LogP contribution in [0.15, 0.2) is 65.2 Å². The van der Waals surface area contributed by atoms with Crippen LogP contribution in [-0.2, 0) is 16.6 Å². The quantitative estimate of drug-likeness (QED) is 0.320. The van der Waals surface area contributed by atoms with Crippen molar-refractivity contribution < 1.29 is 13.3 Å². The summed E-state index contributed by atoms with van der Waals surface area (Å²) < 4.78 is 35.6. The molecular weight excluding hydrogens is 590 g/mol. The Labute approximate surface area is 225 Å². The molecule has 36 heavy (non-hydrogen) atoms. The molecule has 1 aliphatic carbocycles. The van der Waals surface area contributed by atoms with Crippen molar-refractivity contribution in [2.75, 3.05) is 11.6 Å². The van der Waals surface area contributed by atoms with Crippen molar-refractivity contribution in [3.63, 3.8) is 0 Å². The average molecular weight is 616 g/mol. The van der Waals surface area contributed by atoms with Crippen molar-refractivity contribution in [2.45, 2.75) is 38.5 Å². The van der Waals surface area contributed by atoms with Crippen LogP contribution in [0, 0.1) is 16.3 Å². The lowest BCUT2D eigenvalue weighted by Crippen LogP contribution is -2.30. The second-order valence-corrected chi connectivity index (χ2v) is 11.9. The topological polar surface area (TPSA) is 60.3 Å². The lowest BCUT2D eigenvalue weighted by atomic mass is 9.94. The van der Waals surface area contributed by atoms with Gasteiger partial charge < -0.3 is 14.6 Å². The van der Waals surface area contributed by atoms with Crippen molar-refractivity contribution >= 4 is 44.8 Å². The lowest BCUT2D eigenvalue weighted by molar-refractivity contribution is 0.429. The van der Waals surface area contributed by atoms with Crippen molar-refractivity contribution in [3.8, 4) is 16.9 Å². The predicted molar refractivity (Wildman–Crippen MR) is 152 cm³/mol. The van der Waals surface area contributed by atoms with Gasteiger partial charge in [-0.25, -0.2) is 4.39 Å². The minimum absolute atomic E-state index is 0.120. The molecule has 1 aliphatic heterocycles. The Morgan fingerprint density at radius 2 is 1.94 bits per heavy atom. The van der Waals surface area contributed by atoms with Crippen LogP contribution in [0.4, 0.5) is 10.1 Å². The molecule has 5 nitrogen and oxygen atoms in total. The summed E-state index contributed by atoms with van der Waals surface area (Å²) >= 11 is 2.06. The molecule has 0 saturated heterocycles. The van der Waals surface area contributed by atoms with Gasteiger partial charge in [0.2, 0.25) is 0 Å². The maximum atomic E-state index is 14.8. The number of hydrogen-bond donors (Lipinski definition) is 1. The fraction of sp³-hybridized carbons (Fsp3) is 0.250. The Hall–Kier alpha value is -2.72. The number of ether oxygens (including phenoxy) is 1. The SMILES string of the molecule is C=C1Oc2c(-c3cccc(C[S@](C)=O)c3)c(C)n(C3CC3)c(=O)c2C(Nc2ccc(I)cc2F)=C1C. The molecule has 1 aromatic heterocycles. The number of aromatic nitrogens is 1. The molecule has 3 aromatic rings. The van der Waals surface area contributed by atoms with Crippen LogP contribution in [-0.4, -0.2) is 15.0 Å². The van der Waals surface area contributed by atoms with Gasteiger partial charge in [-0.2, -0.15) is 0 Å². The molecular formula is C28H26FIN2O3S. The molecule has 8 heteroatoms. The van der Waals surface area contributed by atoms with Gasteiger partial charge in [-0.3, -0.25) is 9.00 Å². The van der Waals surface area contributed by atoms with Crippen molar-refractivity contribution in [1.29, 1.82) is 0 Å². The van der Waals surface area contributed by atoms with Crippen LogP contribution in [0.2, 0.25) is 0 Å². The van der Waals surface area contributed by atoms with E-state index in [-0.39, 0.29) is 17.3 Å². The van der Waals surface area contributed by atoms with Gasteiger partial charge in [0.25, 0.3) is 5.56 Å². The molecule has 5 rings (SSSR count). The van der Waals surface area contributed by atoms with Crippen molar-refractivity contribution in [1.82, 2.24) is 4.57 Å². The van der Waals surface area contributed by atoms with Gasteiger partial charge >= 0.3 is 0 Å². The highest BCUT2D eigenvalue weighted by molar-refractivity contribution is 14.1. The van der Waals surface area contributed by atoms with E-state index in [2.05, 4.69) is 34.5 Å². The number of halogens is 2. The molecule has 2 aromatic carbocycles. The molecule has 0 spiro atoms. The van der Waals surface area contributed by atoms with Gasteiger partial charge in [0.1, 0.15) is 17.1 Å². The molecule has 2 heterocycles. The highest BCUT2D eigenvalue weighted by atomic mass is 127. The third kappa shape index (κ3) is 4.56. The van der Waals surface area contributed by atoms with Gasteiger partial charge in [0.15, 0.2) is 5.75 Å². The normalized spacial score (nSPS) is 16.0. The van der Waals surface area contributed by atoms with Gasteiger partial charge in [-0.05, 0) is 78.6 Å². The Balaban J connectivity index is 1.77. The molecule has 1 N–H and O–H groups in total. The van der Waals surface area contributed by atoms with E-state index >= 15 is 0 Å². The van der Waals surface area contributed by atoms with Gasteiger partial charge in [-0.15, -0.1) is 0 Å². The first-order chi connectivity index (χ1) is 17.2. The predicted octanol–water partition coefficient (Wildman–Crippen LogP) is 6.53. The van der Waals surface area contributed by atoms with Crippen molar-refractivity contribution in [2.24, 2.45) is 0 Å². The molecule has 0 bridgehead atoms. The van der Waals surface area contributed by atoms with Crippen LogP contribution in [0.3, 0.4) is 0 Å². The van der Waals surface area contributed by atoms with E-state index in [0.29, 0.717) is 34.1 Å². The molecule has 0 unspecified atom stereocenters. The summed E-state index contributed by atoms with van der Waals surface area (Å²) in [5.74, 6) is 0.832. The molecule has 2 aliphatic rings. The number of pyridine rings is 1. The van der Waals surface area contributed by atoms with E-state index in [9.17, 15) is 13.4 Å². The summed E-state index contributed by atoms with van der Waals surface area (Å²) in [6.07, 6.45) is 3.53. The lowest BCUT2D eigenvalue weighted by Gasteiger charge is -2.29. The number of nitrogens with zero attached hydrogens (tertiary/aromatic N) is 1. The second-order valence-electron chi connectivity index (χ2n) is 9.26. The van der Waals surface area contributed by atoms with Gasteiger partial charge in [-0.1, -0.05) is 30.8 Å². The summed E-state index contributed by atoms with van der Waals surface area (Å²) in [6.45, 7) is 7.83. The second kappa shape index (κ2) is 9.63. The van der Waals surface area contributed by atoms with E-state index < -0.39 is 16.6 Å². The highest BCUT2D eigenvalue weighted by Crippen LogP contribution is 2.46. The molecule has 1 atom stereocenters. The smallest absolute Gasteiger partial charge is 0.264 e. The molecule has 186 valence electrons. The number of hydrogen-bond acceptors (Lipinski definition) is 4. The molecule has 1 fully saturated rings. The van der Waals surface area contributed by atoms with Gasteiger partial charge in [0, 0.05) is 49.3 Å². The van der Waals surface area contributed by atoms with Crippen LogP contribution in [0.5, 0.6) is 5.75 Å². The van der Waals surface area contributed by atoms with E-state index in [4.69, 9.17) is 4.74 Å². The van der Waals surface area contributed by atoms with Crippen molar-refractivity contribution in [3.05, 3.63) is 96.9 Å². The minimum atomic E-state index is -0.991. The third-order valence-corrected chi connectivity index (χ3v) is 7.98. The van der Waals surface area contributed by atoms with E-state index in [0.717, 1.165) is 38.8 Å². The number of rotatable bonds is 6. The van der Waals surface area contributed by atoms with Crippen LogP contribution in [0.25, 0.3) is 16.8 Å². The standard InChI is InChI=1S/C28H26FIN2O3S/c1-15-17(3)35-27-24(19-7-5-6-18(12-19)14-36(4)34)16(2)32(21-9-10-21)28(33)25(27)26(15)31-23-11-8-20(30)13-22(23)29/h5-8,11-13,21,31H,3,9-10,14H2,1-2,4H3/t36-/m0/s1. The first kappa shape index (κ1) is 25.0. The number of nitrogens with one attached hydrogen (secondary N) is 1. The highest BCUT2D eigenvalue weighted by Gasteiger charge is 2.35. The summed E-state index contributed by atoms with van der Waals surface area (Å²) in [5.41, 5.74) is 5.02. The zero-order valence-electron chi connectivity index (χ0n) is 20.3. The first-order valence-electron chi connectivity index (χ1n) is 11.6. The van der Waals surface area contributed by atoms with Crippen LogP contribution < -0.4 is 15.6 Å². The third-order valence-electron chi connectivity index (χ3n) is 6.57. The van der Waals surface area contributed by atoms with Crippen LogP contribution >= 0.6 is 22.6 Å². The Morgan fingerprint density at radius 1 is 1.19 bits per heavy atom. The monoisotopic (exact) mass is 616 g/mol. The molecule has 0 amide bonds. The average Bonchev–Trinajstić information content (AvgIpc) is 3.63.